The summed E-state index contributed by atoms with van der Waals surface area (Å²) in [7, 11) is 0. The summed E-state index contributed by atoms with van der Waals surface area (Å²) in [5, 5.41) is 0. The Morgan fingerprint density at radius 3 is 2.77 bits per heavy atom. The largest absolute Gasteiger partial charge is 0.329 e. The maximum absolute atomic E-state index is 5.74. The molecule has 0 spiro atoms. The van der Waals surface area contributed by atoms with Crippen LogP contribution < -0.4 is 5.73 Å². The average Bonchev–Trinajstić information content (AvgIpc) is 2.76. The van der Waals surface area contributed by atoms with Crippen LogP contribution in [0.3, 0.4) is 0 Å². The van der Waals surface area contributed by atoms with Crippen molar-refractivity contribution < 1.29 is 0 Å². The van der Waals surface area contributed by atoms with E-state index in [2.05, 4.69) is 17.1 Å². The highest BCUT2D eigenvalue weighted by Gasteiger charge is 2.25. The first-order valence-electron chi connectivity index (χ1n) is 5.49. The normalized spacial score (nSPS) is 30.4. The van der Waals surface area contributed by atoms with Gasteiger partial charge in [-0.2, -0.15) is 0 Å². The molecule has 0 bridgehead atoms. The summed E-state index contributed by atoms with van der Waals surface area (Å²) in [6.45, 7) is 3.40. The van der Waals surface area contributed by atoms with Gasteiger partial charge in [0.25, 0.3) is 0 Å². The van der Waals surface area contributed by atoms with Crippen LogP contribution in [-0.4, -0.2) is 30.6 Å². The van der Waals surface area contributed by atoms with Crippen molar-refractivity contribution >= 4 is 0 Å². The summed E-state index contributed by atoms with van der Waals surface area (Å²) in [6.07, 6.45) is 9.87. The van der Waals surface area contributed by atoms with Gasteiger partial charge >= 0.3 is 0 Å². The number of rotatable bonds is 3. The smallest absolute Gasteiger partial charge is 0.0219 e. The van der Waals surface area contributed by atoms with Crippen molar-refractivity contribution in [2.75, 3.05) is 19.6 Å². The molecule has 0 aromatic heterocycles. The molecule has 0 saturated carbocycles. The summed E-state index contributed by atoms with van der Waals surface area (Å²) in [5.74, 6) is 0.882. The minimum absolute atomic E-state index is 0.681. The Kier molecular flexibility index (Phi) is 3.01. The van der Waals surface area contributed by atoms with Crippen LogP contribution in [0, 0.1) is 5.92 Å². The van der Waals surface area contributed by atoms with Crippen molar-refractivity contribution in [3.05, 3.63) is 12.2 Å². The van der Waals surface area contributed by atoms with Crippen LogP contribution >= 0.6 is 0 Å². The van der Waals surface area contributed by atoms with Crippen molar-refractivity contribution in [1.29, 1.82) is 0 Å². The lowest BCUT2D eigenvalue weighted by atomic mass is 10.1. The van der Waals surface area contributed by atoms with E-state index in [1.807, 2.05) is 0 Å². The second kappa shape index (κ2) is 4.25. The van der Waals surface area contributed by atoms with Gasteiger partial charge < -0.3 is 5.73 Å². The minimum atomic E-state index is 0.681. The monoisotopic (exact) mass is 180 g/mol. The zero-order valence-electron chi connectivity index (χ0n) is 8.28. The molecule has 13 heavy (non-hydrogen) atoms. The Morgan fingerprint density at radius 1 is 1.31 bits per heavy atom. The van der Waals surface area contributed by atoms with Crippen LogP contribution in [0.15, 0.2) is 12.2 Å². The third-order valence-corrected chi connectivity index (χ3v) is 3.37. The number of allylic oxidation sites excluding steroid dienone is 2. The molecule has 1 aliphatic heterocycles. The topological polar surface area (TPSA) is 29.3 Å². The van der Waals surface area contributed by atoms with Crippen molar-refractivity contribution in [2.45, 2.75) is 31.7 Å². The van der Waals surface area contributed by atoms with Gasteiger partial charge in [0.2, 0.25) is 0 Å². The van der Waals surface area contributed by atoms with Crippen LogP contribution in [-0.2, 0) is 0 Å². The molecular formula is C11H20N2. The van der Waals surface area contributed by atoms with Crippen molar-refractivity contribution in [2.24, 2.45) is 11.7 Å². The fourth-order valence-corrected chi connectivity index (χ4v) is 2.56. The second-order valence-corrected chi connectivity index (χ2v) is 4.34. The molecule has 1 aliphatic carbocycles. The van der Waals surface area contributed by atoms with Crippen molar-refractivity contribution in [3.8, 4) is 0 Å². The summed E-state index contributed by atoms with van der Waals surface area (Å²) in [4.78, 5) is 2.59. The number of hydrogen-bond donors (Lipinski definition) is 1. The van der Waals surface area contributed by atoms with Crippen LogP contribution in [0.4, 0.5) is 0 Å². The van der Waals surface area contributed by atoms with Gasteiger partial charge in [-0.05, 0) is 38.1 Å². The molecular weight excluding hydrogens is 160 g/mol. The molecule has 0 amide bonds. The Bertz CT molecular complexity index is 181. The molecule has 0 aromatic carbocycles. The van der Waals surface area contributed by atoms with Gasteiger partial charge in [0, 0.05) is 19.1 Å². The predicted molar refractivity (Wildman–Crippen MR) is 55.5 cm³/mol. The molecule has 1 heterocycles. The average molecular weight is 180 g/mol. The quantitative estimate of drug-likeness (QED) is 0.665. The van der Waals surface area contributed by atoms with E-state index in [0.717, 1.165) is 12.5 Å². The third kappa shape index (κ3) is 2.12. The van der Waals surface area contributed by atoms with Crippen molar-refractivity contribution in [3.63, 3.8) is 0 Å². The number of nitrogens with two attached hydrogens (primary N) is 1. The first-order chi connectivity index (χ1) is 6.40. The SMILES string of the molecule is NC[C@H]1CCCN1CC1CC=CC1. The highest BCUT2D eigenvalue weighted by Crippen LogP contribution is 2.23. The van der Waals surface area contributed by atoms with E-state index >= 15 is 0 Å². The third-order valence-electron chi connectivity index (χ3n) is 3.37. The fourth-order valence-electron chi connectivity index (χ4n) is 2.56. The van der Waals surface area contributed by atoms with E-state index in [-0.39, 0.29) is 0 Å². The number of likely N-dealkylation sites (tertiary alicyclic amines) is 1. The summed E-state index contributed by atoms with van der Waals surface area (Å²) >= 11 is 0. The van der Waals surface area contributed by atoms with Gasteiger partial charge in [0.1, 0.15) is 0 Å². The van der Waals surface area contributed by atoms with E-state index in [1.54, 1.807) is 0 Å². The Morgan fingerprint density at radius 2 is 2.08 bits per heavy atom. The second-order valence-electron chi connectivity index (χ2n) is 4.34. The van der Waals surface area contributed by atoms with Crippen LogP contribution in [0.2, 0.25) is 0 Å². The summed E-state index contributed by atoms with van der Waals surface area (Å²) < 4.78 is 0. The van der Waals surface area contributed by atoms with E-state index < -0.39 is 0 Å². The molecule has 2 aliphatic rings. The predicted octanol–water partition coefficient (Wildman–Crippen LogP) is 1.38. The molecule has 74 valence electrons. The zero-order chi connectivity index (χ0) is 9.10. The highest BCUT2D eigenvalue weighted by atomic mass is 15.2. The molecule has 1 saturated heterocycles. The molecule has 0 aromatic rings. The molecule has 1 fully saturated rings. The Hall–Kier alpha value is -0.340. The van der Waals surface area contributed by atoms with E-state index in [9.17, 15) is 0 Å². The number of nitrogens with zero attached hydrogens (tertiary/aromatic N) is 1. The molecule has 0 radical (unpaired) electrons. The Balaban J connectivity index is 1.79. The Labute approximate surface area is 80.8 Å². The number of hydrogen-bond acceptors (Lipinski definition) is 2. The fraction of sp³-hybridized carbons (Fsp3) is 0.818. The highest BCUT2D eigenvalue weighted by molar-refractivity contribution is 4.96. The van der Waals surface area contributed by atoms with Gasteiger partial charge in [0.05, 0.1) is 0 Å². The van der Waals surface area contributed by atoms with E-state index in [0.29, 0.717) is 6.04 Å². The lowest BCUT2D eigenvalue weighted by Gasteiger charge is -2.26. The summed E-state index contributed by atoms with van der Waals surface area (Å²) in [5.41, 5.74) is 5.74. The first kappa shape index (κ1) is 9.22. The minimum Gasteiger partial charge on any atom is -0.329 e. The lowest BCUT2D eigenvalue weighted by Crippen LogP contribution is -2.38. The maximum atomic E-state index is 5.74. The van der Waals surface area contributed by atoms with Gasteiger partial charge in [-0.15, -0.1) is 0 Å². The van der Waals surface area contributed by atoms with Crippen molar-refractivity contribution in [1.82, 2.24) is 4.90 Å². The van der Waals surface area contributed by atoms with Crippen LogP contribution in [0.25, 0.3) is 0 Å². The lowest BCUT2D eigenvalue weighted by molar-refractivity contribution is 0.221. The van der Waals surface area contributed by atoms with Crippen LogP contribution in [0.5, 0.6) is 0 Å². The van der Waals surface area contributed by atoms with Gasteiger partial charge in [-0.25, -0.2) is 0 Å². The standard InChI is InChI=1S/C11H20N2/c12-8-11-6-3-7-13(11)9-10-4-1-2-5-10/h1-2,10-11H,3-9,12H2/t11-/m1/s1. The molecule has 2 rings (SSSR count). The molecule has 0 unspecified atom stereocenters. The zero-order valence-corrected chi connectivity index (χ0v) is 8.28. The first-order valence-corrected chi connectivity index (χ1v) is 5.49. The van der Waals surface area contributed by atoms with Crippen LogP contribution in [0.1, 0.15) is 25.7 Å². The van der Waals surface area contributed by atoms with E-state index in [4.69, 9.17) is 5.73 Å². The molecule has 2 N–H and O–H groups in total. The van der Waals surface area contributed by atoms with Gasteiger partial charge in [-0.1, -0.05) is 12.2 Å². The molecule has 1 atom stereocenters. The summed E-state index contributed by atoms with van der Waals surface area (Å²) in [6, 6.07) is 0.681. The molecule has 2 nitrogen and oxygen atoms in total. The van der Waals surface area contributed by atoms with Gasteiger partial charge in [0.15, 0.2) is 0 Å². The van der Waals surface area contributed by atoms with E-state index in [1.165, 1.54) is 38.8 Å². The molecule has 2 heteroatoms. The van der Waals surface area contributed by atoms with Gasteiger partial charge in [-0.3, -0.25) is 4.90 Å². The maximum Gasteiger partial charge on any atom is 0.0219 e.